The molecule has 1 N–H and O–H groups in total. The van der Waals surface area contributed by atoms with E-state index in [0.717, 1.165) is 4.31 Å². The maximum Gasteiger partial charge on any atom is 0.322 e. The molecule has 1 aromatic carbocycles. The molecule has 2 atom stereocenters. The molecule has 0 radical (unpaired) electrons. The molecule has 1 aromatic rings. The molecule has 1 aliphatic rings. The van der Waals surface area contributed by atoms with Gasteiger partial charge in [0.05, 0.1) is 15.3 Å². The van der Waals surface area contributed by atoms with E-state index in [1.165, 1.54) is 30.0 Å². The number of benzene rings is 1. The van der Waals surface area contributed by atoms with Crippen LogP contribution in [0.3, 0.4) is 0 Å². The fourth-order valence-electron chi connectivity index (χ4n) is 2.11. The molecule has 2 rings (SSSR count). The van der Waals surface area contributed by atoms with Gasteiger partial charge in [-0.3, -0.25) is 4.79 Å². The van der Waals surface area contributed by atoms with E-state index in [1.807, 2.05) is 6.92 Å². The van der Waals surface area contributed by atoms with Crippen molar-refractivity contribution in [2.24, 2.45) is 0 Å². The predicted molar refractivity (Wildman–Crippen MR) is 86.1 cm³/mol. The van der Waals surface area contributed by atoms with E-state index < -0.39 is 22.0 Å². The van der Waals surface area contributed by atoms with E-state index in [0.29, 0.717) is 15.9 Å². The van der Waals surface area contributed by atoms with Gasteiger partial charge in [0.2, 0.25) is 10.0 Å². The summed E-state index contributed by atoms with van der Waals surface area (Å²) in [6, 6.07) is 3.21. The molecule has 0 saturated carbocycles. The van der Waals surface area contributed by atoms with Gasteiger partial charge in [-0.1, -0.05) is 18.5 Å². The molecule has 116 valence electrons. The minimum Gasteiger partial charge on any atom is -0.480 e. The van der Waals surface area contributed by atoms with Gasteiger partial charge in [-0.15, -0.1) is 11.8 Å². The van der Waals surface area contributed by atoms with Gasteiger partial charge in [0, 0.05) is 10.2 Å². The van der Waals surface area contributed by atoms with Crippen LogP contribution in [0.4, 0.5) is 0 Å². The van der Waals surface area contributed by atoms with Gasteiger partial charge in [0.25, 0.3) is 0 Å². The topological polar surface area (TPSA) is 74.7 Å². The lowest BCUT2D eigenvalue weighted by atomic mass is 10.3. The molecule has 5 nitrogen and oxygen atoms in total. The molecule has 9 heteroatoms. The summed E-state index contributed by atoms with van der Waals surface area (Å²) in [6.07, 6.45) is 0.544. The van der Waals surface area contributed by atoms with Crippen LogP contribution >= 0.6 is 39.3 Å². The smallest absolute Gasteiger partial charge is 0.322 e. The van der Waals surface area contributed by atoms with Crippen molar-refractivity contribution in [2.45, 2.75) is 29.7 Å². The number of carboxylic acids is 1. The standard InChI is InChI=1S/C12H13BrClNO4S2/c1-2-11-15(10(6-20-11)12(16)17)21(18,19)7-3-4-9(14)8(13)5-7/h3-5,10-11H,2,6H2,1H3,(H,16,17). The zero-order valence-electron chi connectivity index (χ0n) is 11.0. The first-order valence-corrected chi connectivity index (χ1v) is 9.78. The Bertz CT molecular complexity index is 667. The lowest BCUT2D eigenvalue weighted by Gasteiger charge is -2.25. The minimum absolute atomic E-state index is 0.0333. The second-order valence-electron chi connectivity index (χ2n) is 4.46. The Labute approximate surface area is 140 Å². The van der Waals surface area contributed by atoms with Gasteiger partial charge >= 0.3 is 5.97 Å². The van der Waals surface area contributed by atoms with E-state index in [4.69, 9.17) is 11.6 Å². The number of rotatable bonds is 4. The lowest BCUT2D eigenvalue weighted by molar-refractivity contribution is -0.140. The Hall–Kier alpha value is -0.280. The van der Waals surface area contributed by atoms with Crippen LogP contribution in [0.25, 0.3) is 0 Å². The predicted octanol–water partition coefficient (Wildman–Crippen LogP) is 3.03. The van der Waals surface area contributed by atoms with Crippen molar-refractivity contribution in [1.82, 2.24) is 4.31 Å². The molecule has 0 aromatic heterocycles. The van der Waals surface area contributed by atoms with Gasteiger partial charge in [-0.05, 0) is 40.5 Å². The maximum absolute atomic E-state index is 12.8. The molecule has 0 amide bonds. The molecule has 0 spiro atoms. The number of halogens is 2. The molecule has 21 heavy (non-hydrogen) atoms. The number of hydrogen-bond acceptors (Lipinski definition) is 4. The second kappa shape index (κ2) is 6.45. The third-order valence-electron chi connectivity index (χ3n) is 3.14. The van der Waals surface area contributed by atoms with E-state index in [2.05, 4.69) is 15.9 Å². The molecule has 0 bridgehead atoms. The number of thioether (sulfide) groups is 1. The fourth-order valence-corrected chi connectivity index (χ4v) is 6.32. The first kappa shape index (κ1) is 17.1. The van der Waals surface area contributed by atoms with Crippen LogP contribution in [0, 0.1) is 0 Å². The first-order valence-electron chi connectivity index (χ1n) is 6.12. The number of sulfonamides is 1. The normalized spacial score (nSPS) is 23.4. The molecule has 2 unspecified atom stereocenters. The number of carbonyl (C=O) groups is 1. The van der Waals surface area contributed by atoms with Crippen molar-refractivity contribution in [1.29, 1.82) is 0 Å². The quantitative estimate of drug-likeness (QED) is 0.819. The summed E-state index contributed by atoms with van der Waals surface area (Å²) < 4.78 is 27.1. The fraction of sp³-hybridized carbons (Fsp3) is 0.417. The van der Waals surface area contributed by atoms with Crippen molar-refractivity contribution in [3.05, 3.63) is 27.7 Å². The average Bonchev–Trinajstić information content (AvgIpc) is 2.86. The molecule has 1 heterocycles. The van der Waals surface area contributed by atoms with Crippen molar-refractivity contribution < 1.29 is 18.3 Å². The van der Waals surface area contributed by atoms with E-state index >= 15 is 0 Å². The third-order valence-corrected chi connectivity index (χ3v) is 7.85. The van der Waals surface area contributed by atoms with Gasteiger partial charge in [-0.2, -0.15) is 4.31 Å². The monoisotopic (exact) mass is 413 g/mol. The highest BCUT2D eigenvalue weighted by Crippen LogP contribution is 2.37. The van der Waals surface area contributed by atoms with E-state index in [1.54, 1.807) is 0 Å². The summed E-state index contributed by atoms with van der Waals surface area (Å²) >= 11 is 10.4. The molecule has 0 aliphatic carbocycles. The lowest BCUT2D eigenvalue weighted by Crippen LogP contribution is -2.45. The van der Waals surface area contributed by atoms with Gasteiger partial charge in [-0.25, -0.2) is 8.42 Å². The van der Waals surface area contributed by atoms with Crippen molar-refractivity contribution in [3.8, 4) is 0 Å². The highest BCUT2D eigenvalue weighted by molar-refractivity contribution is 9.10. The number of nitrogens with zero attached hydrogens (tertiary/aromatic N) is 1. The second-order valence-corrected chi connectivity index (χ2v) is 8.78. The Morgan fingerprint density at radius 1 is 1.57 bits per heavy atom. The van der Waals surface area contributed by atoms with Crippen LogP contribution in [0.1, 0.15) is 13.3 Å². The number of hydrogen-bond donors (Lipinski definition) is 1. The van der Waals surface area contributed by atoms with Crippen LogP contribution in [0.15, 0.2) is 27.6 Å². The zero-order valence-corrected chi connectivity index (χ0v) is 15.0. The van der Waals surface area contributed by atoms with Crippen molar-refractivity contribution in [2.75, 3.05) is 5.75 Å². The van der Waals surface area contributed by atoms with E-state index in [9.17, 15) is 18.3 Å². The Morgan fingerprint density at radius 3 is 2.76 bits per heavy atom. The average molecular weight is 415 g/mol. The minimum atomic E-state index is -3.89. The van der Waals surface area contributed by atoms with Crippen molar-refractivity contribution in [3.63, 3.8) is 0 Å². The van der Waals surface area contributed by atoms with Crippen LogP contribution in [0.2, 0.25) is 5.02 Å². The van der Waals surface area contributed by atoms with Gasteiger partial charge < -0.3 is 5.11 Å². The SMILES string of the molecule is CCC1SCC(C(=O)O)N1S(=O)(=O)c1ccc(Cl)c(Br)c1. The summed E-state index contributed by atoms with van der Waals surface area (Å²) in [7, 11) is -3.89. The zero-order chi connectivity index (χ0) is 15.8. The third kappa shape index (κ3) is 3.24. The summed E-state index contributed by atoms with van der Waals surface area (Å²) in [5.41, 5.74) is 0. The number of aliphatic carboxylic acids is 1. The first-order chi connectivity index (χ1) is 9.78. The highest BCUT2D eigenvalue weighted by atomic mass is 79.9. The van der Waals surface area contributed by atoms with Crippen LogP contribution in [-0.4, -0.2) is 41.0 Å². The molecule has 1 saturated heterocycles. The van der Waals surface area contributed by atoms with Crippen LogP contribution < -0.4 is 0 Å². The van der Waals surface area contributed by atoms with Crippen LogP contribution in [0.5, 0.6) is 0 Å². The molecule has 1 aliphatic heterocycles. The summed E-state index contributed by atoms with van der Waals surface area (Å²) in [4.78, 5) is 11.4. The van der Waals surface area contributed by atoms with E-state index in [-0.39, 0.29) is 16.0 Å². The molecular formula is C12H13BrClNO4S2. The van der Waals surface area contributed by atoms with Crippen LogP contribution in [-0.2, 0) is 14.8 Å². The summed E-state index contributed by atoms with van der Waals surface area (Å²) in [5, 5.41) is 9.28. The summed E-state index contributed by atoms with van der Waals surface area (Å²) in [6.45, 7) is 1.84. The highest BCUT2D eigenvalue weighted by Gasteiger charge is 2.45. The number of carboxylic acid groups (broad SMARTS) is 1. The Balaban J connectivity index is 2.49. The Morgan fingerprint density at radius 2 is 2.24 bits per heavy atom. The molecule has 1 fully saturated rings. The Kier molecular flexibility index (Phi) is 5.25. The van der Waals surface area contributed by atoms with Crippen molar-refractivity contribution >= 4 is 55.3 Å². The molecular weight excluding hydrogens is 402 g/mol. The largest absolute Gasteiger partial charge is 0.480 e. The summed E-state index contributed by atoms with van der Waals surface area (Å²) in [5.74, 6) is -0.878. The van der Waals surface area contributed by atoms with Gasteiger partial charge in [0.1, 0.15) is 6.04 Å². The maximum atomic E-state index is 12.8. The van der Waals surface area contributed by atoms with Gasteiger partial charge in [0.15, 0.2) is 0 Å².